The number of pyridine rings is 2. The number of H-pyrrole nitrogens is 1. The fraction of sp³-hybridized carbons (Fsp3) is 0.304. The molecule has 4 aromatic heterocycles. The van der Waals surface area contributed by atoms with Gasteiger partial charge in [0.15, 0.2) is 11.5 Å². The van der Waals surface area contributed by atoms with Crippen molar-refractivity contribution in [3.8, 4) is 23.0 Å². The number of carbonyl (C=O) groups excluding carboxylic acids is 1. The number of nitriles is 1. The summed E-state index contributed by atoms with van der Waals surface area (Å²) in [5.41, 5.74) is 4.42. The summed E-state index contributed by atoms with van der Waals surface area (Å²) in [4.78, 5) is 29.8. The molecule has 0 radical (unpaired) electrons. The van der Waals surface area contributed by atoms with E-state index < -0.39 is 0 Å². The number of fused-ring (bicyclic) bond motifs is 1. The molecule has 1 N–H and O–H groups in total. The highest BCUT2D eigenvalue weighted by Crippen LogP contribution is 2.34. The van der Waals surface area contributed by atoms with Crippen LogP contribution >= 0.6 is 0 Å². The third-order valence-corrected chi connectivity index (χ3v) is 6.20. The number of hydrogen-bond donors (Lipinski definition) is 1. The van der Waals surface area contributed by atoms with Crippen LogP contribution in [0.25, 0.3) is 28.1 Å². The second-order valence-corrected chi connectivity index (χ2v) is 8.06. The number of rotatable bonds is 5. The molecule has 0 spiro atoms. The highest BCUT2D eigenvalue weighted by molar-refractivity contribution is 5.88. The molecular formula is C23H22N8O. The molecule has 5 heterocycles. The Morgan fingerprint density at radius 2 is 2.19 bits per heavy atom. The molecule has 1 amide bonds. The second kappa shape index (κ2) is 8.23. The topological polar surface area (TPSA) is 116 Å². The summed E-state index contributed by atoms with van der Waals surface area (Å²) >= 11 is 0. The van der Waals surface area contributed by atoms with Gasteiger partial charge >= 0.3 is 0 Å². The highest BCUT2D eigenvalue weighted by atomic mass is 16.2. The first kappa shape index (κ1) is 19.9. The minimum atomic E-state index is 0.0591. The predicted molar refractivity (Wildman–Crippen MR) is 118 cm³/mol. The molecule has 2 atom stereocenters. The number of aromatic amines is 1. The van der Waals surface area contributed by atoms with Crippen molar-refractivity contribution in [1.82, 2.24) is 34.6 Å². The fourth-order valence-electron chi connectivity index (χ4n) is 4.48. The van der Waals surface area contributed by atoms with E-state index in [1.807, 2.05) is 35.5 Å². The number of aromatic nitrogens is 6. The van der Waals surface area contributed by atoms with E-state index >= 15 is 0 Å². The van der Waals surface area contributed by atoms with Crippen molar-refractivity contribution in [1.29, 1.82) is 5.26 Å². The van der Waals surface area contributed by atoms with E-state index in [0.29, 0.717) is 18.8 Å². The highest BCUT2D eigenvalue weighted by Gasteiger charge is 2.31. The molecule has 1 saturated heterocycles. The van der Waals surface area contributed by atoms with E-state index in [1.54, 1.807) is 30.3 Å². The van der Waals surface area contributed by atoms with Crippen molar-refractivity contribution in [2.75, 3.05) is 13.1 Å². The van der Waals surface area contributed by atoms with E-state index in [4.69, 9.17) is 0 Å². The van der Waals surface area contributed by atoms with Crippen LogP contribution in [0.1, 0.15) is 31.2 Å². The smallest absolute Gasteiger partial charge is 0.219 e. The van der Waals surface area contributed by atoms with Gasteiger partial charge in [0, 0.05) is 62.1 Å². The fourth-order valence-corrected chi connectivity index (χ4v) is 4.48. The molecule has 0 bridgehead atoms. The quantitative estimate of drug-likeness (QED) is 0.524. The summed E-state index contributed by atoms with van der Waals surface area (Å²) in [5.74, 6) is 1.11. The molecule has 1 fully saturated rings. The lowest BCUT2D eigenvalue weighted by Crippen LogP contribution is -2.27. The van der Waals surface area contributed by atoms with Gasteiger partial charge in [-0.3, -0.25) is 4.79 Å². The van der Waals surface area contributed by atoms with Gasteiger partial charge in [0.2, 0.25) is 5.91 Å². The molecule has 0 aromatic carbocycles. The Hall–Kier alpha value is -4.06. The van der Waals surface area contributed by atoms with Crippen molar-refractivity contribution < 1.29 is 4.79 Å². The van der Waals surface area contributed by atoms with Crippen LogP contribution in [0.2, 0.25) is 0 Å². The average molecular weight is 426 g/mol. The molecule has 9 heteroatoms. The maximum atomic E-state index is 11.7. The zero-order valence-corrected chi connectivity index (χ0v) is 17.6. The van der Waals surface area contributed by atoms with E-state index in [2.05, 4.69) is 31.1 Å². The minimum absolute atomic E-state index is 0.0591. The Labute approximate surface area is 184 Å². The number of likely N-dealkylation sites (tertiary alicyclic amines) is 1. The largest absolute Gasteiger partial charge is 0.343 e. The molecule has 0 saturated carbocycles. The Morgan fingerprint density at radius 3 is 2.94 bits per heavy atom. The van der Waals surface area contributed by atoms with Gasteiger partial charge in [-0.2, -0.15) is 10.4 Å². The Morgan fingerprint density at radius 1 is 1.28 bits per heavy atom. The maximum Gasteiger partial charge on any atom is 0.219 e. The monoisotopic (exact) mass is 426 g/mol. The van der Waals surface area contributed by atoms with Crippen LogP contribution in [0.4, 0.5) is 0 Å². The van der Waals surface area contributed by atoms with Crippen molar-refractivity contribution in [2.45, 2.75) is 25.7 Å². The first-order chi connectivity index (χ1) is 15.6. The van der Waals surface area contributed by atoms with E-state index in [9.17, 15) is 10.1 Å². The van der Waals surface area contributed by atoms with Crippen LogP contribution in [0.3, 0.4) is 0 Å². The van der Waals surface area contributed by atoms with E-state index in [-0.39, 0.29) is 17.7 Å². The second-order valence-electron chi connectivity index (χ2n) is 8.06. The van der Waals surface area contributed by atoms with Crippen LogP contribution in [-0.2, 0) is 4.79 Å². The molecule has 160 valence electrons. The third kappa shape index (κ3) is 3.60. The number of nitrogens with one attached hydrogen (secondary N) is 1. The summed E-state index contributed by atoms with van der Waals surface area (Å²) in [6, 6.07) is 8.16. The third-order valence-electron chi connectivity index (χ3n) is 6.20. The number of hydrogen-bond acceptors (Lipinski definition) is 6. The first-order valence-electron chi connectivity index (χ1n) is 10.6. The summed E-state index contributed by atoms with van der Waals surface area (Å²) in [7, 11) is 0. The molecule has 1 aliphatic rings. The Kier molecular flexibility index (Phi) is 5.11. The van der Waals surface area contributed by atoms with Gasteiger partial charge in [-0.15, -0.1) is 0 Å². The van der Waals surface area contributed by atoms with Crippen LogP contribution in [0.5, 0.6) is 0 Å². The number of nitrogens with zero attached hydrogens (tertiary/aromatic N) is 7. The van der Waals surface area contributed by atoms with E-state index in [1.165, 1.54) is 0 Å². The Bertz CT molecular complexity index is 1300. The summed E-state index contributed by atoms with van der Waals surface area (Å²) in [6.45, 7) is 3.04. The average Bonchev–Trinajstić information content (AvgIpc) is 3.58. The van der Waals surface area contributed by atoms with E-state index in [0.717, 1.165) is 40.8 Å². The lowest BCUT2D eigenvalue weighted by atomic mass is 9.84. The molecule has 0 aliphatic carbocycles. The van der Waals surface area contributed by atoms with Gasteiger partial charge < -0.3 is 9.88 Å². The lowest BCUT2D eigenvalue weighted by Gasteiger charge is -2.22. The predicted octanol–water partition coefficient (Wildman–Crippen LogP) is 3.07. The van der Waals surface area contributed by atoms with Crippen LogP contribution in [0.15, 0.2) is 49.3 Å². The molecule has 4 aromatic rings. The molecule has 32 heavy (non-hydrogen) atoms. The van der Waals surface area contributed by atoms with Crippen LogP contribution in [-0.4, -0.2) is 53.6 Å². The zero-order valence-electron chi connectivity index (χ0n) is 17.6. The van der Waals surface area contributed by atoms with Gasteiger partial charge in [-0.05, 0) is 30.0 Å². The standard InChI is InChI=1S/C23H22N8O/c1-15(32)30-9-6-17(12-30)19(4-7-24)16-2-3-21(26-10-16)31-13-18(11-29-31)20-5-8-25-23-22(20)27-14-28-23/h2-3,5,8,10-11,13-14,17,19H,4,6,9,12H2,1H3,(H,25,27,28). The molecule has 1 aliphatic heterocycles. The van der Waals surface area contributed by atoms with Gasteiger partial charge in [0.25, 0.3) is 0 Å². The SMILES string of the molecule is CC(=O)N1CCC(C(CC#N)c2ccc(-n3cc(-c4ccnc5[nH]cnc45)cn3)nc2)C1. The molecular weight excluding hydrogens is 404 g/mol. The van der Waals surface area contributed by atoms with Crippen molar-refractivity contribution in [2.24, 2.45) is 5.92 Å². The first-order valence-corrected chi connectivity index (χ1v) is 10.6. The van der Waals surface area contributed by atoms with Gasteiger partial charge in [0.1, 0.15) is 5.52 Å². The van der Waals surface area contributed by atoms with Crippen LogP contribution in [0, 0.1) is 17.2 Å². The lowest BCUT2D eigenvalue weighted by molar-refractivity contribution is -0.127. The number of imidazole rings is 1. The molecule has 2 unspecified atom stereocenters. The molecule has 9 nitrogen and oxygen atoms in total. The zero-order chi connectivity index (χ0) is 22.1. The van der Waals surface area contributed by atoms with Gasteiger partial charge in [-0.25, -0.2) is 19.6 Å². The summed E-state index contributed by atoms with van der Waals surface area (Å²) < 4.78 is 1.73. The Balaban J connectivity index is 1.38. The van der Waals surface area contributed by atoms with Crippen molar-refractivity contribution in [3.63, 3.8) is 0 Å². The summed E-state index contributed by atoms with van der Waals surface area (Å²) in [6.07, 6.45) is 10.2. The van der Waals surface area contributed by atoms with Crippen LogP contribution < -0.4 is 0 Å². The van der Waals surface area contributed by atoms with Crippen molar-refractivity contribution >= 4 is 17.1 Å². The number of amides is 1. The minimum Gasteiger partial charge on any atom is -0.343 e. The van der Waals surface area contributed by atoms with Crippen molar-refractivity contribution in [3.05, 3.63) is 54.9 Å². The normalized spacial score (nSPS) is 16.9. The molecule has 5 rings (SSSR count). The summed E-state index contributed by atoms with van der Waals surface area (Å²) in [5, 5.41) is 13.8. The van der Waals surface area contributed by atoms with Gasteiger partial charge in [-0.1, -0.05) is 6.07 Å². The number of carbonyl (C=O) groups is 1. The maximum absolute atomic E-state index is 11.7. The van der Waals surface area contributed by atoms with Gasteiger partial charge in [0.05, 0.1) is 18.6 Å².